The van der Waals surface area contributed by atoms with Crippen molar-refractivity contribution >= 4 is 0 Å². The van der Waals surface area contributed by atoms with Crippen LogP contribution >= 0.6 is 0 Å². The zero-order valence-electron chi connectivity index (χ0n) is 17.5. The lowest BCUT2D eigenvalue weighted by Crippen LogP contribution is -2.43. The largest absolute Gasteiger partial charge is 0.374 e. The van der Waals surface area contributed by atoms with Gasteiger partial charge in [0.1, 0.15) is 0 Å². The van der Waals surface area contributed by atoms with Crippen molar-refractivity contribution in [1.29, 1.82) is 0 Å². The first-order chi connectivity index (χ1) is 13.7. The van der Waals surface area contributed by atoms with Crippen molar-refractivity contribution in [2.24, 2.45) is 0 Å². The molecule has 1 saturated carbocycles. The molecular formula is C25H34N2O. The van der Waals surface area contributed by atoms with E-state index in [1.807, 2.05) is 0 Å². The molecule has 150 valence electrons. The molecule has 0 radical (unpaired) electrons. The number of piperazine rings is 1. The summed E-state index contributed by atoms with van der Waals surface area (Å²) in [5.41, 5.74) is 6.72. The Morgan fingerprint density at radius 3 is 2.25 bits per heavy atom. The van der Waals surface area contributed by atoms with Gasteiger partial charge in [0.15, 0.2) is 0 Å². The molecule has 0 spiro atoms. The summed E-state index contributed by atoms with van der Waals surface area (Å²) < 4.78 is 6.04. The molecule has 0 unspecified atom stereocenters. The highest BCUT2D eigenvalue weighted by Gasteiger charge is 2.16. The van der Waals surface area contributed by atoms with E-state index in [-0.39, 0.29) is 0 Å². The molecule has 3 heteroatoms. The van der Waals surface area contributed by atoms with E-state index in [9.17, 15) is 0 Å². The molecule has 0 aromatic heterocycles. The Hall–Kier alpha value is -1.68. The molecule has 28 heavy (non-hydrogen) atoms. The molecule has 0 N–H and O–H groups in total. The summed E-state index contributed by atoms with van der Waals surface area (Å²) in [5.74, 6) is 0. The van der Waals surface area contributed by atoms with Gasteiger partial charge in [-0.3, -0.25) is 4.90 Å². The zero-order valence-corrected chi connectivity index (χ0v) is 17.5. The minimum atomic E-state index is 0.482. The smallest absolute Gasteiger partial charge is 0.0720 e. The lowest BCUT2D eigenvalue weighted by atomic mass is 9.98. The first-order valence-corrected chi connectivity index (χ1v) is 10.9. The fraction of sp³-hybridized carbons (Fsp3) is 0.520. The van der Waals surface area contributed by atoms with E-state index >= 15 is 0 Å². The minimum Gasteiger partial charge on any atom is -0.374 e. The van der Waals surface area contributed by atoms with Crippen molar-refractivity contribution in [3.8, 4) is 11.1 Å². The summed E-state index contributed by atoms with van der Waals surface area (Å²) in [6, 6.07) is 15.9. The normalized spacial score (nSPS) is 19.4. The van der Waals surface area contributed by atoms with Crippen LogP contribution in [0.3, 0.4) is 0 Å². The Morgan fingerprint density at radius 1 is 0.893 bits per heavy atom. The van der Waals surface area contributed by atoms with Gasteiger partial charge in [-0.05, 0) is 54.6 Å². The van der Waals surface area contributed by atoms with Crippen LogP contribution in [0.5, 0.6) is 0 Å². The van der Waals surface area contributed by atoms with Gasteiger partial charge in [0, 0.05) is 32.7 Å². The van der Waals surface area contributed by atoms with E-state index in [4.69, 9.17) is 4.74 Å². The van der Waals surface area contributed by atoms with Crippen LogP contribution in [0, 0.1) is 6.92 Å². The number of benzene rings is 2. The third-order valence-corrected chi connectivity index (χ3v) is 6.41. The molecule has 2 aliphatic rings. The molecule has 2 fully saturated rings. The van der Waals surface area contributed by atoms with Gasteiger partial charge in [-0.1, -0.05) is 55.3 Å². The van der Waals surface area contributed by atoms with Crippen molar-refractivity contribution < 1.29 is 4.74 Å². The van der Waals surface area contributed by atoms with Gasteiger partial charge < -0.3 is 9.64 Å². The molecule has 0 atom stereocenters. The van der Waals surface area contributed by atoms with Crippen LogP contribution in [0.2, 0.25) is 0 Å². The molecule has 4 rings (SSSR count). The van der Waals surface area contributed by atoms with E-state index in [0.29, 0.717) is 6.10 Å². The topological polar surface area (TPSA) is 15.7 Å². The number of hydrogen-bond acceptors (Lipinski definition) is 3. The summed E-state index contributed by atoms with van der Waals surface area (Å²) in [4.78, 5) is 4.98. The van der Waals surface area contributed by atoms with Gasteiger partial charge >= 0.3 is 0 Å². The third kappa shape index (κ3) is 5.02. The number of aryl methyl sites for hydroxylation is 1. The van der Waals surface area contributed by atoms with E-state index < -0.39 is 0 Å². The molecule has 0 bridgehead atoms. The summed E-state index contributed by atoms with van der Waals surface area (Å²) in [5, 5.41) is 0. The Labute approximate surface area is 170 Å². The maximum absolute atomic E-state index is 6.04. The molecule has 2 aromatic carbocycles. The molecule has 1 saturated heterocycles. The Balaban J connectivity index is 1.36. The first kappa shape index (κ1) is 19.6. The predicted molar refractivity (Wildman–Crippen MR) is 116 cm³/mol. The molecule has 3 nitrogen and oxygen atoms in total. The minimum absolute atomic E-state index is 0.482. The van der Waals surface area contributed by atoms with Crippen LogP contribution in [-0.2, 0) is 17.9 Å². The fourth-order valence-corrected chi connectivity index (χ4v) is 4.36. The lowest BCUT2D eigenvalue weighted by molar-refractivity contribution is 0.0457. The second-order valence-corrected chi connectivity index (χ2v) is 8.64. The van der Waals surface area contributed by atoms with Crippen LogP contribution in [0.25, 0.3) is 11.1 Å². The maximum Gasteiger partial charge on any atom is 0.0720 e. The van der Waals surface area contributed by atoms with Gasteiger partial charge in [0.2, 0.25) is 0 Å². The standard InChI is InChI=1S/C25H34N2O/c1-20-17-23(11-12-24(20)18-27-15-13-26(2)14-16-27)22-9-7-21(8-10-22)19-28-25-5-3-4-6-25/h7-12,17,25H,3-6,13-16,18-19H2,1-2H3. The first-order valence-electron chi connectivity index (χ1n) is 10.9. The molecule has 0 amide bonds. The summed E-state index contributed by atoms with van der Waals surface area (Å²) in [6.45, 7) is 8.75. The third-order valence-electron chi connectivity index (χ3n) is 6.41. The van der Waals surface area contributed by atoms with Crippen LogP contribution < -0.4 is 0 Å². The Morgan fingerprint density at radius 2 is 1.57 bits per heavy atom. The second kappa shape index (κ2) is 9.21. The SMILES string of the molecule is Cc1cc(-c2ccc(COC3CCCC3)cc2)ccc1CN1CCN(C)CC1. The van der Waals surface area contributed by atoms with Crippen LogP contribution in [0.15, 0.2) is 42.5 Å². The predicted octanol–water partition coefficient (Wildman–Crippen LogP) is 4.87. The average Bonchev–Trinajstić information content (AvgIpc) is 3.24. The molecule has 1 aliphatic carbocycles. The van der Waals surface area contributed by atoms with Gasteiger partial charge in [0.25, 0.3) is 0 Å². The van der Waals surface area contributed by atoms with Gasteiger partial charge in [-0.25, -0.2) is 0 Å². The molecule has 1 aliphatic heterocycles. The van der Waals surface area contributed by atoms with E-state index in [1.165, 1.54) is 79.7 Å². The van der Waals surface area contributed by atoms with Gasteiger partial charge in [-0.2, -0.15) is 0 Å². The molecule has 1 heterocycles. The highest BCUT2D eigenvalue weighted by atomic mass is 16.5. The van der Waals surface area contributed by atoms with Crippen molar-refractivity contribution in [3.05, 3.63) is 59.2 Å². The van der Waals surface area contributed by atoms with Crippen LogP contribution in [0.1, 0.15) is 42.4 Å². The number of likely N-dealkylation sites (N-methyl/N-ethyl adjacent to an activating group) is 1. The van der Waals surface area contributed by atoms with Crippen LogP contribution in [-0.4, -0.2) is 49.1 Å². The van der Waals surface area contributed by atoms with Gasteiger partial charge in [-0.15, -0.1) is 0 Å². The van der Waals surface area contributed by atoms with Crippen LogP contribution in [0.4, 0.5) is 0 Å². The Kier molecular flexibility index (Phi) is 6.46. The molecule has 2 aromatic rings. The zero-order chi connectivity index (χ0) is 19.3. The lowest BCUT2D eigenvalue weighted by Gasteiger charge is -2.32. The maximum atomic E-state index is 6.04. The summed E-state index contributed by atoms with van der Waals surface area (Å²) >= 11 is 0. The monoisotopic (exact) mass is 378 g/mol. The second-order valence-electron chi connectivity index (χ2n) is 8.64. The van der Waals surface area contributed by atoms with Crippen molar-refractivity contribution in [2.75, 3.05) is 33.2 Å². The number of nitrogens with zero attached hydrogens (tertiary/aromatic N) is 2. The number of ether oxygens (including phenoxy) is 1. The van der Waals surface area contributed by atoms with E-state index in [0.717, 1.165) is 13.2 Å². The van der Waals surface area contributed by atoms with Crippen molar-refractivity contribution in [1.82, 2.24) is 9.80 Å². The summed E-state index contributed by atoms with van der Waals surface area (Å²) in [6.07, 6.45) is 5.60. The number of hydrogen-bond donors (Lipinski definition) is 0. The van der Waals surface area contributed by atoms with E-state index in [1.54, 1.807) is 0 Å². The van der Waals surface area contributed by atoms with Crippen molar-refractivity contribution in [2.45, 2.75) is 51.9 Å². The fourth-order valence-electron chi connectivity index (χ4n) is 4.36. The summed E-state index contributed by atoms with van der Waals surface area (Å²) in [7, 11) is 2.21. The quantitative estimate of drug-likeness (QED) is 0.713. The Bertz CT molecular complexity index is 757. The molecular weight excluding hydrogens is 344 g/mol. The highest BCUT2D eigenvalue weighted by molar-refractivity contribution is 5.65. The highest BCUT2D eigenvalue weighted by Crippen LogP contribution is 2.25. The van der Waals surface area contributed by atoms with Gasteiger partial charge in [0.05, 0.1) is 12.7 Å². The average molecular weight is 379 g/mol. The van der Waals surface area contributed by atoms with Crippen molar-refractivity contribution in [3.63, 3.8) is 0 Å². The van der Waals surface area contributed by atoms with E-state index in [2.05, 4.69) is 66.2 Å². The number of rotatable bonds is 6.